The van der Waals surface area contributed by atoms with Gasteiger partial charge in [0.1, 0.15) is 0 Å². The third-order valence-electron chi connectivity index (χ3n) is 2.46. The lowest BCUT2D eigenvalue weighted by Crippen LogP contribution is -2.17. The van der Waals surface area contributed by atoms with Crippen LogP contribution in [0, 0.1) is 12.3 Å². The van der Waals surface area contributed by atoms with Crippen LogP contribution >= 0.6 is 0 Å². The van der Waals surface area contributed by atoms with Gasteiger partial charge in [0.05, 0.1) is 11.3 Å². The van der Waals surface area contributed by atoms with Crippen LogP contribution in [0.3, 0.4) is 0 Å². The van der Waals surface area contributed by atoms with Crippen LogP contribution in [-0.4, -0.2) is 22.0 Å². The average molecular weight is 243 g/mol. The van der Waals surface area contributed by atoms with Gasteiger partial charge in [0.25, 0.3) is 5.56 Å². The first-order valence-corrected chi connectivity index (χ1v) is 5.34. The van der Waals surface area contributed by atoms with Gasteiger partial charge in [0.15, 0.2) is 0 Å². The van der Waals surface area contributed by atoms with Gasteiger partial charge in [-0.3, -0.25) is 15.3 Å². The molecule has 0 aliphatic heterocycles. The van der Waals surface area contributed by atoms with Crippen molar-refractivity contribution < 1.29 is 0 Å². The number of benzene rings is 1. The lowest BCUT2D eigenvalue weighted by Gasteiger charge is -1.99. The lowest BCUT2D eigenvalue weighted by atomic mass is 10.3. The molecule has 1 heterocycles. The number of aromatic nitrogens is 2. The zero-order chi connectivity index (χ0) is 13.1. The van der Waals surface area contributed by atoms with E-state index in [0.29, 0.717) is 11.3 Å². The molecule has 0 amide bonds. The summed E-state index contributed by atoms with van der Waals surface area (Å²) in [5.74, 6) is -0.332. The Kier molecular flexibility index (Phi) is 3.09. The maximum Gasteiger partial charge on any atom is 0.280 e. The average Bonchev–Trinajstić information content (AvgIpc) is 2.63. The van der Waals surface area contributed by atoms with Gasteiger partial charge in [0, 0.05) is 11.9 Å². The number of nitrogens with zero attached hydrogens (tertiary/aromatic N) is 2. The Morgan fingerprint density at radius 2 is 2.11 bits per heavy atom. The number of hydrogen-bond donors (Lipinski definition) is 3. The fourth-order valence-electron chi connectivity index (χ4n) is 1.60. The Bertz CT molecular complexity index is 651. The molecule has 6 heteroatoms. The molecule has 92 valence electrons. The molecule has 1 aromatic heterocycles. The van der Waals surface area contributed by atoms with Crippen LogP contribution in [0.1, 0.15) is 11.3 Å². The number of aryl methyl sites for hydroxylation is 1. The lowest BCUT2D eigenvalue weighted by molar-refractivity contribution is 0.835. The van der Waals surface area contributed by atoms with Crippen molar-refractivity contribution in [2.75, 3.05) is 0 Å². The highest BCUT2D eigenvalue weighted by atomic mass is 16.1. The highest BCUT2D eigenvalue weighted by Gasteiger charge is 2.10. The van der Waals surface area contributed by atoms with Crippen LogP contribution < -0.4 is 11.3 Å². The summed E-state index contributed by atoms with van der Waals surface area (Å²) in [7, 11) is 0. The number of rotatable bonds is 2. The van der Waals surface area contributed by atoms with Gasteiger partial charge in [-0.2, -0.15) is 0 Å². The number of para-hydroxylation sites is 1. The monoisotopic (exact) mass is 243 g/mol. The second kappa shape index (κ2) is 4.70. The summed E-state index contributed by atoms with van der Waals surface area (Å²) in [6.45, 7) is 1.77. The molecule has 0 radical (unpaired) electrons. The van der Waals surface area contributed by atoms with Crippen molar-refractivity contribution in [1.29, 1.82) is 5.41 Å². The molecular weight excluding hydrogens is 230 g/mol. The summed E-state index contributed by atoms with van der Waals surface area (Å²) in [5.41, 5.74) is 6.72. The maximum absolute atomic E-state index is 12.1. The molecule has 4 N–H and O–H groups in total. The molecule has 0 fully saturated rings. The minimum atomic E-state index is -0.332. The van der Waals surface area contributed by atoms with Crippen LogP contribution in [0.5, 0.6) is 0 Å². The van der Waals surface area contributed by atoms with Crippen LogP contribution in [0.2, 0.25) is 0 Å². The van der Waals surface area contributed by atoms with Gasteiger partial charge in [0.2, 0.25) is 5.96 Å². The molecule has 0 spiro atoms. The standard InChI is InChI=1S/C12H13N5O/c1-8-10(7-15-12(13)14)11(18)17(16-8)9-5-3-2-4-6-9/h2-7,16H,1H3,(H3,13,14)/b15-7+. The highest BCUT2D eigenvalue weighted by Crippen LogP contribution is 2.05. The van der Waals surface area contributed by atoms with Gasteiger partial charge >= 0.3 is 0 Å². The normalized spacial score (nSPS) is 10.9. The fourth-order valence-corrected chi connectivity index (χ4v) is 1.60. The number of nitrogens with one attached hydrogen (secondary N) is 2. The van der Waals surface area contributed by atoms with Crippen LogP contribution in [0.15, 0.2) is 40.1 Å². The molecule has 0 saturated heterocycles. The fraction of sp³-hybridized carbons (Fsp3) is 0.0833. The van der Waals surface area contributed by atoms with Crippen LogP contribution in [-0.2, 0) is 0 Å². The van der Waals surface area contributed by atoms with Crippen LogP contribution in [0.25, 0.3) is 5.69 Å². The van der Waals surface area contributed by atoms with E-state index in [1.807, 2.05) is 30.3 Å². The Hall–Kier alpha value is -2.63. The molecule has 0 unspecified atom stereocenters. The number of H-pyrrole nitrogens is 1. The highest BCUT2D eigenvalue weighted by molar-refractivity contribution is 5.91. The molecule has 0 atom stereocenters. The minimum absolute atomic E-state index is 0.219. The molecule has 0 bridgehead atoms. The SMILES string of the molecule is Cc1[nH]n(-c2ccccc2)c(=O)c1/C=N/C(=N)N. The van der Waals surface area contributed by atoms with E-state index in [1.54, 1.807) is 6.92 Å². The molecule has 2 rings (SSSR count). The van der Waals surface area contributed by atoms with Crippen molar-refractivity contribution in [3.63, 3.8) is 0 Å². The van der Waals surface area contributed by atoms with Crippen molar-refractivity contribution in [1.82, 2.24) is 9.78 Å². The van der Waals surface area contributed by atoms with Crippen molar-refractivity contribution in [2.45, 2.75) is 6.92 Å². The smallest absolute Gasteiger partial charge is 0.280 e. The minimum Gasteiger partial charge on any atom is -0.368 e. The summed E-state index contributed by atoms with van der Waals surface area (Å²) in [6, 6.07) is 9.22. The van der Waals surface area contributed by atoms with Crippen LogP contribution in [0.4, 0.5) is 0 Å². The third kappa shape index (κ3) is 2.22. The largest absolute Gasteiger partial charge is 0.368 e. The maximum atomic E-state index is 12.1. The molecule has 1 aromatic carbocycles. The number of hydrogen-bond acceptors (Lipinski definition) is 2. The number of aromatic amines is 1. The van der Waals surface area contributed by atoms with Crippen molar-refractivity contribution in [3.8, 4) is 5.69 Å². The predicted octanol–water partition coefficient (Wildman–Crippen LogP) is 0.786. The van der Waals surface area contributed by atoms with Gasteiger partial charge in [-0.05, 0) is 19.1 Å². The van der Waals surface area contributed by atoms with E-state index >= 15 is 0 Å². The zero-order valence-corrected chi connectivity index (χ0v) is 9.84. The molecule has 0 aliphatic carbocycles. The van der Waals surface area contributed by atoms with Gasteiger partial charge in [-0.25, -0.2) is 9.67 Å². The second-order valence-corrected chi connectivity index (χ2v) is 3.77. The summed E-state index contributed by atoms with van der Waals surface area (Å²) >= 11 is 0. The molecule has 0 saturated carbocycles. The summed E-state index contributed by atoms with van der Waals surface area (Å²) in [5, 5.41) is 9.97. The van der Waals surface area contributed by atoms with E-state index in [4.69, 9.17) is 11.1 Å². The topological polar surface area (TPSA) is 100 Å². The molecule has 6 nitrogen and oxygen atoms in total. The summed E-state index contributed by atoms with van der Waals surface area (Å²) < 4.78 is 1.43. The first-order chi connectivity index (χ1) is 8.59. The van der Waals surface area contributed by atoms with E-state index in [1.165, 1.54) is 10.9 Å². The first kappa shape index (κ1) is 11.8. The quantitative estimate of drug-likeness (QED) is 0.536. The van der Waals surface area contributed by atoms with E-state index in [-0.39, 0.29) is 11.5 Å². The van der Waals surface area contributed by atoms with E-state index in [9.17, 15) is 4.79 Å². The Balaban J connectivity index is 2.51. The Morgan fingerprint density at radius 1 is 1.44 bits per heavy atom. The Labute approximate surface area is 103 Å². The molecule has 18 heavy (non-hydrogen) atoms. The number of nitrogens with two attached hydrogens (primary N) is 1. The van der Waals surface area contributed by atoms with Crippen molar-refractivity contribution in [3.05, 3.63) is 51.9 Å². The van der Waals surface area contributed by atoms with E-state index < -0.39 is 0 Å². The third-order valence-corrected chi connectivity index (χ3v) is 2.46. The van der Waals surface area contributed by atoms with E-state index in [2.05, 4.69) is 10.1 Å². The summed E-state index contributed by atoms with van der Waals surface area (Å²) in [4.78, 5) is 15.8. The second-order valence-electron chi connectivity index (χ2n) is 3.77. The molecular formula is C12H13N5O. The summed E-state index contributed by atoms with van der Waals surface area (Å²) in [6.07, 6.45) is 1.30. The number of guanidine groups is 1. The molecule has 0 aliphatic rings. The van der Waals surface area contributed by atoms with Crippen molar-refractivity contribution in [2.24, 2.45) is 10.7 Å². The number of aliphatic imine (C=N–C) groups is 1. The first-order valence-electron chi connectivity index (χ1n) is 5.34. The zero-order valence-electron chi connectivity index (χ0n) is 9.84. The van der Waals surface area contributed by atoms with Gasteiger partial charge < -0.3 is 5.73 Å². The van der Waals surface area contributed by atoms with E-state index in [0.717, 1.165) is 5.69 Å². The van der Waals surface area contributed by atoms with Gasteiger partial charge in [-0.15, -0.1) is 0 Å². The molecule has 2 aromatic rings. The predicted molar refractivity (Wildman–Crippen MR) is 70.6 cm³/mol. The Morgan fingerprint density at radius 3 is 2.72 bits per heavy atom. The van der Waals surface area contributed by atoms with Gasteiger partial charge in [-0.1, -0.05) is 18.2 Å². The van der Waals surface area contributed by atoms with Crippen molar-refractivity contribution >= 4 is 12.2 Å².